The van der Waals surface area contributed by atoms with Crippen LogP contribution in [0.15, 0.2) is 47.4 Å². The summed E-state index contributed by atoms with van der Waals surface area (Å²) in [5.41, 5.74) is 0.916. The van der Waals surface area contributed by atoms with Crippen molar-refractivity contribution in [1.82, 2.24) is 4.72 Å². The molecule has 0 saturated heterocycles. The number of para-hydroxylation sites is 1. The Morgan fingerprint density at radius 2 is 1.96 bits per heavy atom. The molecule has 5 nitrogen and oxygen atoms in total. The molecule has 0 bridgehead atoms. The highest BCUT2D eigenvalue weighted by atomic mass is 35.5. The fraction of sp³-hybridized carbons (Fsp3) is 0.250. The number of fused-ring (bicyclic) bond motifs is 1. The zero-order valence-corrected chi connectivity index (χ0v) is 14.0. The molecule has 0 aromatic heterocycles. The van der Waals surface area contributed by atoms with Gasteiger partial charge in [-0.1, -0.05) is 23.7 Å². The molecule has 0 radical (unpaired) electrons. The Kier molecular flexibility index (Phi) is 4.48. The van der Waals surface area contributed by atoms with E-state index in [1.807, 2.05) is 18.2 Å². The van der Waals surface area contributed by atoms with Gasteiger partial charge >= 0.3 is 0 Å². The zero-order valence-electron chi connectivity index (χ0n) is 12.5. The second-order valence-electron chi connectivity index (χ2n) is 5.24. The topological polar surface area (TPSA) is 64.6 Å². The van der Waals surface area contributed by atoms with Crippen LogP contribution < -0.4 is 14.2 Å². The highest BCUT2D eigenvalue weighted by Gasteiger charge is 2.27. The first-order valence-electron chi connectivity index (χ1n) is 7.06. The average Bonchev–Trinajstić information content (AvgIpc) is 2.54. The first-order chi connectivity index (χ1) is 11.0. The van der Waals surface area contributed by atoms with Gasteiger partial charge in [0.25, 0.3) is 0 Å². The van der Waals surface area contributed by atoms with Gasteiger partial charge in [-0.25, -0.2) is 13.1 Å². The van der Waals surface area contributed by atoms with Crippen molar-refractivity contribution in [2.75, 3.05) is 13.7 Å². The summed E-state index contributed by atoms with van der Waals surface area (Å²) >= 11 is 5.79. The van der Waals surface area contributed by atoms with Crippen LogP contribution in [-0.2, 0) is 16.4 Å². The van der Waals surface area contributed by atoms with Crippen LogP contribution in [0.2, 0.25) is 5.02 Å². The number of nitrogens with one attached hydrogen (secondary N) is 1. The second kappa shape index (κ2) is 6.39. The molecule has 2 aromatic rings. The van der Waals surface area contributed by atoms with Gasteiger partial charge in [-0.15, -0.1) is 0 Å². The maximum Gasteiger partial charge on any atom is 0.240 e. The maximum atomic E-state index is 12.4. The molecule has 1 aliphatic heterocycles. The SMILES string of the molecule is COc1cccc2c1OCC(NS(=O)(=O)c1ccc(Cl)cc1)C2. The lowest BCUT2D eigenvalue weighted by Crippen LogP contribution is -2.42. The van der Waals surface area contributed by atoms with Crippen LogP contribution >= 0.6 is 11.6 Å². The lowest BCUT2D eigenvalue weighted by atomic mass is 10.0. The smallest absolute Gasteiger partial charge is 0.240 e. The van der Waals surface area contributed by atoms with E-state index >= 15 is 0 Å². The summed E-state index contributed by atoms with van der Waals surface area (Å²) in [6, 6.07) is 11.3. The minimum absolute atomic E-state index is 0.179. The van der Waals surface area contributed by atoms with Crippen LogP contribution in [0.3, 0.4) is 0 Å². The Bertz CT molecular complexity index is 805. The number of ether oxygens (including phenoxy) is 2. The van der Waals surface area contributed by atoms with E-state index in [-0.39, 0.29) is 17.5 Å². The van der Waals surface area contributed by atoms with Gasteiger partial charge in [0.2, 0.25) is 10.0 Å². The summed E-state index contributed by atoms with van der Waals surface area (Å²) in [6.07, 6.45) is 0.541. The van der Waals surface area contributed by atoms with Crippen molar-refractivity contribution >= 4 is 21.6 Å². The van der Waals surface area contributed by atoms with E-state index in [9.17, 15) is 8.42 Å². The fourth-order valence-corrected chi connectivity index (χ4v) is 3.88. The molecule has 0 aliphatic carbocycles. The van der Waals surface area contributed by atoms with Gasteiger partial charge in [-0.05, 0) is 42.3 Å². The minimum Gasteiger partial charge on any atom is -0.493 e. The molecular weight excluding hydrogens is 338 g/mol. The molecule has 1 N–H and O–H groups in total. The zero-order chi connectivity index (χ0) is 16.4. The Morgan fingerprint density at radius 3 is 2.65 bits per heavy atom. The van der Waals surface area contributed by atoms with E-state index in [2.05, 4.69) is 4.72 Å². The van der Waals surface area contributed by atoms with Crippen molar-refractivity contribution in [3.63, 3.8) is 0 Å². The lowest BCUT2D eigenvalue weighted by Gasteiger charge is -2.27. The third-order valence-corrected chi connectivity index (χ3v) is 5.41. The molecule has 7 heteroatoms. The van der Waals surface area contributed by atoms with Crippen LogP contribution in [0.1, 0.15) is 5.56 Å². The summed E-state index contributed by atoms with van der Waals surface area (Å²) in [5, 5.41) is 0.492. The maximum absolute atomic E-state index is 12.4. The molecule has 1 heterocycles. The molecule has 0 spiro atoms. The molecule has 0 saturated carbocycles. The fourth-order valence-electron chi connectivity index (χ4n) is 2.53. The van der Waals surface area contributed by atoms with E-state index in [0.717, 1.165) is 5.56 Å². The van der Waals surface area contributed by atoms with E-state index in [0.29, 0.717) is 22.9 Å². The van der Waals surface area contributed by atoms with Crippen molar-refractivity contribution in [3.05, 3.63) is 53.1 Å². The van der Waals surface area contributed by atoms with Crippen molar-refractivity contribution < 1.29 is 17.9 Å². The average molecular weight is 354 g/mol. The molecule has 1 atom stereocenters. The van der Waals surface area contributed by atoms with Gasteiger partial charge in [-0.3, -0.25) is 0 Å². The normalized spacial score (nSPS) is 17.2. The highest BCUT2D eigenvalue weighted by Crippen LogP contribution is 2.34. The standard InChI is InChI=1S/C16H16ClNO4S/c1-21-15-4-2-3-11-9-13(10-22-16(11)15)18-23(19,20)14-7-5-12(17)6-8-14/h2-8,13,18H,9-10H2,1H3. The first-order valence-corrected chi connectivity index (χ1v) is 8.92. The third kappa shape index (κ3) is 3.44. The summed E-state index contributed by atoms with van der Waals surface area (Å²) < 4.78 is 38.4. The molecular formula is C16H16ClNO4S. The number of halogens is 1. The van der Waals surface area contributed by atoms with Gasteiger partial charge < -0.3 is 9.47 Å². The Hall–Kier alpha value is -1.76. The first kappa shape index (κ1) is 16.1. The highest BCUT2D eigenvalue weighted by molar-refractivity contribution is 7.89. The predicted octanol–water partition coefficient (Wildman–Crippen LogP) is 2.63. The van der Waals surface area contributed by atoms with Gasteiger partial charge in [0.05, 0.1) is 18.0 Å². The molecule has 2 aromatic carbocycles. The van der Waals surface area contributed by atoms with Crippen molar-refractivity contribution in [2.45, 2.75) is 17.4 Å². The van der Waals surface area contributed by atoms with Gasteiger partial charge in [-0.2, -0.15) is 0 Å². The van der Waals surface area contributed by atoms with E-state index in [1.165, 1.54) is 12.1 Å². The largest absolute Gasteiger partial charge is 0.493 e. The predicted molar refractivity (Wildman–Crippen MR) is 87.8 cm³/mol. The molecule has 0 amide bonds. The van der Waals surface area contributed by atoms with E-state index in [1.54, 1.807) is 19.2 Å². The lowest BCUT2D eigenvalue weighted by molar-refractivity contribution is 0.240. The molecule has 122 valence electrons. The van der Waals surface area contributed by atoms with E-state index in [4.69, 9.17) is 21.1 Å². The second-order valence-corrected chi connectivity index (χ2v) is 7.39. The molecule has 3 rings (SSSR count). The number of methoxy groups -OCH3 is 1. The summed E-state index contributed by atoms with van der Waals surface area (Å²) in [7, 11) is -2.04. The Balaban J connectivity index is 1.78. The third-order valence-electron chi connectivity index (χ3n) is 3.62. The van der Waals surface area contributed by atoms with Crippen LogP contribution in [0.25, 0.3) is 0 Å². The number of sulfonamides is 1. The molecule has 23 heavy (non-hydrogen) atoms. The quantitative estimate of drug-likeness (QED) is 0.917. The summed E-state index contributed by atoms with van der Waals surface area (Å²) in [6.45, 7) is 0.250. The van der Waals surface area contributed by atoms with Crippen LogP contribution in [0.5, 0.6) is 11.5 Å². The Labute approximate surface area is 140 Å². The molecule has 1 aliphatic rings. The number of hydrogen-bond acceptors (Lipinski definition) is 4. The van der Waals surface area contributed by atoms with Crippen molar-refractivity contribution in [3.8, 4) is 11.5 Å². The Morgan fingerprint density at radius 1 is 1.22 bits per heavy atom. The van der Waals surface area contributed by atoms with Crippen LogP contribution in [0.4, 0.5) is 0 Å². The molecule has 0 fully saturated rings. The monoisotopic (exact) mass is 353 g/mol. The summed E-state index contributed by atoms with van der Waals surface area (Å²) in [5.74, 6) is 1.33. The van der Waals surface area contributed by atoms with Crippen molar-refractivity contribution in [2.24, 2.45) is 0 Å². The van der Waals surface area contributed by atoms with Crippen LogP contribution in [0, 0.1) is 0 Å². The van der Waals surface area contributed by atoms with Crippen LogP contribution in [-0.4, -0.2) is 28.2 Å². The van der Waals surface area contributed by atoms with Gasteiger partial charge in [0.15, 0.2) is 11.5 Å². The summed E-state index contributed by atoms with van der Waals surface area (Å²) in [4.78, 5) is 0.179. The van der Waals surface area contributed by atoms with Crippen molar-refractivity contribution in [1.29, 1.82) is 0 Å². The minimum atomic E-state index is -3.61. The number of hydrogen-bond donors (Lipinski definition) is 1. The van der Waals surface area contributed by atoms with E-state index < -0.39 is 10.0 Å². The number of benzene rings is 2. The number of rotatable bonds is 4. The molecule has 1 unspecified atom stereocenters. The van der Waals surface area contributed by atoms with Gasteiger partial charge in [0.1, 0.15) is 6.61 Å². The van der Waals surface area contributed by atoms with Gasteiger partial charge in [0, 0.05) is 5.02 Å².